The molecular formula is C11H19BrN4O2. The van der Waals surface area contributed by atoms with E-state index in [2.05, 4.69) is 26.3 Å². The monoisotopic (exact) mass is 318 g/mol. The first-order chi connectivity index (χ1) is 8.61. The lowest BCUT2D eigenvalue weighted by Crippen LogP contribution is -2.29. The van der Waals surface area contributed by atoms with Gasteiger partial charge in [0.2, 0.25) is 0 Å². The highest BCUT2D eigenvalue weighted by Gasteiger charge is 2.11. The molecule has 1 heterocycles. The minimum absolute atomic E-state index is 0.100. The molecule has 0 spiro atoms. The van der Waals surface area contributed by atoms with Crippen LogP contribution in [0.4, 0.5) is 5.69 Å². The molecule has 7 heteroatoms. The molecule has 0 aliphatic heterocycles. The second-order valence-electron chi connectivity index (χ2n) is 3.97. The Balaban J connectivity index is 2.84. The molecule has 6 nitrogen and oxygen atoms in total. The minimum atomic E-state index is -0.220. The van der Waals surface area contributed by atoms with E-state index in [0.717, 1.165) is 25.2 Å². The lowest BCUT2D eigenvalue weighted by Gasteiger charge is -2.20. The summed E-state index contributed by atoms with van der Waals surface area (Å²) in [6.45, 7) is 1.87. The van der Waals surface area contributed by atoms with E-state index in [-0.39, 0.29) is 18.7 Å². The van der Waals surface area contributed by atoms with Gasteiger partial charge in [0.25, 0.3) is 5.56 Å². The predicted octanol–water partition coefficient (Wildman–Crippen LogP) is 0.0438. The summed E-state index contributed by atoms with van der Waals surface area (Å²) in [5, 5.41) is 15.9. The van der Waals surface area contributed by atoms with E-state index < -0.39 is 0 Å². The molecule has 0 aliphatic carbocycles. The number of aliphatic hydroxyl groups is 1. The number of aliphatic hydroxyl groups excluding tert-OH is 1. The lowest BCUT2D eigenvalue weighted by atomic mass is 10.3. The predicted molar refractivity (Wildman–Crippen MR) is 75.1 cm³/mol. The molecule has 102 valence electrons. The highest BCUT2D eigenvalue weighted by atomic mass is 79.9. The van der Waals surface area contributed by atoms with Gasteiger partial charge in [0.1, 0.15) is 4.47 Å². The van der Waals surface area contributed by atoms with Crippen molar-refractivity contribution in [1.82, 2.24) is 15.1 Å². The zero-order valence-electron chi connectivity index (χ0n) is 10.7. The van der Waals surface area contributed by atoms with Crippen LogP contribution in [0.5, 0.6) is 0 Å². The molecule has 1 aromatic heterocycles. The minimum Gasteiger partial charge on any atom is -0.394 e. The molecule has 0 fully saturated rings. The Morgan fingerprint density at radius 3 is 2.94 bits per heavy atom. The highest BCUT2D eigenvalue weighted by molar-refractivity contribution is 9.10. The van der Waals surface area contributed by atoms with Crippen molar-refractivity contribution < 1.29 is 5.11 Å². The topological polar surface area (TPSA) is 70.4 Å². The smallest absolute Gasteiger partial charge is 0.283 e. The first kappa shape index (κ1) is 15.1. The van der Waals surface area contributed by atoms with Crippen LogP contribution in [0.25, 0.3) is 0 Å². The number of hydrogen-bond acceptors (Lipinski definition) is 5. The van der Waals surface area contributed by atoms with E-state index in [1.807, 2.05) is 19.0 Å². The molecule has 0 radical (unpaired) electrons. The molecule has 0 aromatic carbocycles. The summed E-state index contributed by atoms with van der Waals surface area (Å²) in [6.07, 6.45) is 2.62. The summed E-state index contributed by atoms with van der Waals surface area (Å²) in [6, 6.07) is 0. The van der Waals surface area contributed by atoms with E-state index in [9.17, 15) is 4.79 Å². The van der Waals surface area contributed by atoms with Gasteiger partial charge >= 0.3 is 0 Å². The molecule has 0 unspecified atom stereocenters. The number of nitrogens with zero attached hydrogens (tertiary/aromatic N) is 3. The second kappa shape index (κ2) is 7.50. The molecule has 1 rings (SSSR count). The average molecular weight is 319 g/mol. The van der Waals surface area contributed by atoms with E-state index in [1.165, 1.54) is 4.68 Å². The maximum Gasteiger partial charge on any atom is 0.283 e. The van der Waals surface area contributed by atoms with Crippen LogP contribution < -0.4 is 15.8 Å². The average Bonchev–Trinajstić information content (AvgIpc) is 2.35. The van der Waals surface area contributed by atoms with Gasteiger partial charge in [0.15, 0.2) is 0 Å². The summed E-state index contributed by atoms with van der Waals surface area (Å²) in [4.78, 5) is 13.9. The van der Waals surface area contributed by atoms with Gasteiger partial charge in [-0.1, -0.05) is 0 Å². The van der Waals surface area contributed by atoms with Crippen molar-refractivity contribution in [3.05, 3.63) is 21.0 Å². The van der Waals surface area contributed by atoms with E-state index in [1.54, 1.807) is 6.20 Å². The largest absolute Gasteiger partial charge is 0.394 e. The summed E-state index contributed by atoms with van der Waals surface area (Å²) < 4.78 is 1.73. The lowest BCUT2D eigenvalue weighted by molar-refractivity contribution is 0.266. The summed E-state index contributed by atoms with van der Waals surface area (Å²) in [7, 11) is 3.83. The van der Waals surface area contributed by atoms with Gasteiger partial charge in [-0.25, -0.2) is 4.68 Å². The van der Waals surface area contributed by atoms with E-state index >= 15 is 0 Å². The van der Waals surface area contributed by atoms with Gasteiger partial charge in [-0.05, 0) is 35.9 Å². The van der Waals surface area contributed by atoms with E-state index in [0.29, 0.717) is 4.47 Å². The summed E-state index contributed by atoms with van der Waals surface area (Å²) >= 11 is 3.30. The van der Waals surface area contributed by atoms with Crippen LogP contribution in [-0.2, 0) is 6.54 Å². The normalized spacial score (nSPS) is 10.7. The molecule has 0 aliphatic rings. The molecule has 0 atom stereocenters. The molecule has 2 N–H and O–H groups in total. The van der Waals surface area contributed by atoms with Crippen molar-refractivity contribution in [2.75, 3.05) is 38.7 Å². The van der Waals surface area contributed by atoms with Crippen LogP contribution in [0.1, 0.15) is 6.42 Å². The van der Waals surface area contributed by atoms with Crippen molar-refractivity contribution >= 4 is 21.6 Å². The fraction of sp³-hybridized carbons (Fsp3) is 0.636. The van der Waals surface area contributed by atoms with Crippen molar-refractivity contribution in [2.45, 2.75) is 13.0 Å². The molecular weight excluding hydrogens is 300 g/mol. The fourth-order valence-electron chi connectivity index (χ4n) is 1.59. The van der Waals surface area contributed by atoms with E-state index in [4.69, 9.17) is 5.11 Å². The van der Waals surface area contributed by atoms with Crippen LogP contribution >= 0.6 is 15.9 Å². The van der Waals surface area contributed by atoms with Gasteiger partial charge in [-0.15, -0.1) is 0 Å². The molecule has 0 bridgehead atoms. The second-order valence-corrected chi connectivity index (χ2v) is 4.77. The SMILES string of the molecule is CNCCCN(C)c1cnn(CCO)c(=O)c1Br. The number of hydrogen-bond donors (Lipinski definition) is 2. The molecule has 1 aromatic rings. The van der Waals surface area contributed by atoms with Gasteiger partial charge in [0, 0.05) is 13.6 Å². The maximum atomic E-state index is 11.9. The number of anilines is 1. The van der Waals surface area contributed by atoms with Crippen LogP contribution in [0.15, 0.2) is 15.5 Å². The van der Waals surface area contributed by atoms with Crippen molar-refractivity contribution in [3.63, 3.8) is 0 Å². The van der Waals surface area contributed by atoms with Crippen molar-refractivity contribution in [3.8, 4) is 0 Å². The molecule has 18 heavy (non-hydrogen) atoms. The molecule has 0 amide bonds. The van der Waals surface area contributed by atoms with Crippen molar-refractivity contribution in [2.24, 2.45) is 0 Å². The highest BCUT2D eigenvalue weighted by Crippen LogP contribution is 2.20. The quantitative estimate of drug-likeness (QED) is 0.695. The van der Waals surface area contributed by atoms with Gasteiger partial charge in [0.05, 0.1) is 25.0 Å². The van der Waals surface area contributed by atoms with Crippen molar-refractivity contribution in [1.29, 1.82) is 0 Å². The summed E-state index contributed by atoms with van der Waals surface area (Å²) in [5.74, 6) is 0. The Labute approximate surface area is 115 Å². The van der Waals surface area contributed by atoms with Gasteiger partial charge in [-0.3, -0.25) is 4.79 Å². The number of halogens is 1. The van der Waals surface area contributed by atoms with Gasteiger partial charge < -0.3 is 15.3 Å². The number of aromatic nitrogens is 2. The van der Waals surface area contributed by atoms with Crippen LogP contribution in [-0.4, -0.2) is 48.7 Å². The number of rotatable bonds is 7. The Hall–Kier alpha value is -0.920. The van der Waals surface area contributed by atoms with Crippen LogP contribution in [0.2, 0.25) is 0 Å². The Morgan fingerprint density at radius 2 is 2.33 bits per heavy atom. The van der Waals surface area contributed by atoms with Gasteiger partial charge in [-0.2, -0.15) is 5.10 Å². The third-order valence-corrected chi connectivity index (χ3v) is 3.36. The van der Waals surface area contributed by atoms with Crippen LogP contribution in [0.3, 0.4) is 0 Å². The fourth-order valence-corrected chi connectivity index (χ4v) is 2.20. The first-order valence-electron chi connectivity index (χ1n) is 5.84. The zero-order valence-corrected chi connectivity index (χ0v) is 12.3. The molecule has 0 saturated carbocycles. The first-order valence-corrected chi connectivity index (χ1v) is 6.63. The summed E-state index contributed by atoms with van der Waals surface area (Å²) in [5.41, 5.74) is 0.548. The third-order valence-electron chi connectivity index (χ3n) is 2.61. The Bertz CT molecular complexity index is 436. The zero-order chi connectivity index (χ0) is 13.5. The molecule has 0 saturated heterocycles. The third kappa shape index (κ3) is 3.79. The Kier molecular flexibility index (Phi) is 6.31. The Morgan fingerprint density at radius 1 is 1.61 bits per heavy atom. The maximum absolute atomic E-state index is 11.9. The standard InChI is InChI=1S/C11H19BrN4O2/c1-13-4-3-5-15(2)9-8-14-16(6-7-17)11(18)10(9)12/h8,13,17H,3-7H2,1-2H3. The van der Waals surface area contributed by atoms with Crippen LogP contribution in [0, 0.1) is 0 Å². The number of nitrogens with one attached hydrogen (secondary N) is 1.